The summed E-state index contributed by atoms with van der Waals surface area (Å²) in [5.41, 5.74) is 14.3. The maximum atomic E-state index is 12.6. The van der Waals surface area contributed by atoms with Crippen LogP contribution < -0.4 is 17.2 Å². The lowest BCUT2D eigenvalue weighted by Gasteiger charge is -2.10. The van der Waals surface area contributed by atoms with E-state index < -0.39 is 11.7 Å². The maximum absolute atomic E-state index is 12.6. The Morgan fingerprint density at radius 3 is 2.30 bits per heavy atom. The van der Waals surface area contributed by atoms with E-state index in [1.54, 1.807) is 28.7 Å². The van der Waals surface area contributed by atoms with Gasteiger partial charge in [0, 0.05) is 3.57 Å². The van der Waals surface area contributed by atoms with Crippen molar-refractivity contribution >= 4 is 40.2 Å². The van der Waals surface area contributed by atoms with E-state index in [4.69, 9.17) is 22.5 Å². The largest absolute Gasteiger partial charge is 0.416 e. The summed E-state index contributed by atoms with van der Waals surface area (Å²) in [4.78, 5) is 7.17. The Morgan fingerprint density at radius 2 is 1.85 bits per heavy atom. The summed E-state index contributed by atoms with van der Waals surface area (Å²) < 4.78 is 38.0. The zero-order chi connectivity index (χ0) is 15.5. The monoisotopic (exact) mass is 396 g/mol. The van der Waals surface area contributed by atoms with Crippen molar-refractivity contribution < 1.29 is 13.2 Å². The zero-order valence-corrected chi connectivity index (χ0v) is 11.9. The van der Waals surface area contributed by atoms with Crippen molar-refractivity contribution in [2.24, 2.45) is 27.2 Å². The molecule has 0 aliphatic carbocycles. The fourth-order valence-corrected chi connectivity index (χ4v) is 1.98. The van der Waals surface area contributed by atoms with E-state index in [0.29, 0.717) is 6.07 Å². The second kappa shape index (κ2) is 5.95. The van der Waals surface area contributed by atoms with Crippen LogP contribution in [-0.2, 0) is 6.18 Å². The van der Waals surface area contributed by atoms with E-state index in [2.05, 4.69) is 9.98 Å². The van der Waals surface area contributed by atoms with Crippen LogP contribution in [0, 0.1) is 14.9 Å². The van der Waals surface area contributed by atoms with Crippen molar-refractivity contribution in [2.45, 2.75) is 6.18 Å². The highest BCUT2D eigenvalue weighted by Crippen LogP contribution is 2.35. The SMILES string of the molecule is N#Cc1cc(C(F)(F)F)cc(I)c1N=C(N)N=C(N)N. The number of guanidine groups is 2. The minimum atomic E-state index is -4.56. The lowest BCUT2D eigenvalue weighted by molar-refractivity contribution is -0.137. The zero-order valence-electron chi connectivity index (χ0n) is 9.74. The van der Waals surface area contributed by atoms with Crippen molar-refractivity contribution in [3.63, 3.8) is 0 Å². The Hall–Kier alpha value is -2.03. The van der Waals surface area contributed by atoms with Gasteiger partial charge in [-0.3, -0.25) is 0 Å². The fourth-order valence-electron chi connectivity index (χ4n) is 1.23. The molecule has 0 aromatic heterocycles. The summed E-state index contributed by atoms with van der Waals surface area (Å²) >= 11 is 1.62. The summed E-state index contributed by atoms with van der Waals surface area (Å²) in [6.45, 7) is 0. The lowest BCUT2D eigenvalue weighted by Crippen LogP contribution is -2.26. The molecular formula is C10H8F3IN6. The topological polar surface area (TPSA) is 127 Å². The molecule has 0 heterocycles. The first-order valence-corrected chi connectivity index (χ1v) is 5.97. The van der Waals surface area contributed by atoms with E-state index in [0.717, 1.165) is 6.07 Å². The first kappa shape index (κ1) is 16.0. The third-order valence-electron chi connectivity index (χ3n) is 1.98. The van der Waals surface area contributed by atoms with Crippen molar-refractivity contribution in [2.75, 3.05) is 0 Å². The standard InChI is InChI=1S/C10H8F3IN6/c11-10(12,13)5-1-4(3-15)7(6(14)2-5)19-9(18)20-8(16)17/h1-2H,(H6,16,17,18,19,20). The van der Waals surface area contributed by atoms with E-state index in [1.807, 2.05) is 0 Å². The molecule has 1 aromatic rings. The fraction of sp³-hybridized carbons (Fsp3) is 0.100. The number of benzene rings is 1. The van der Waals surface area contributed by atoms with Crippen molar-refractivity contribution in [3.05, 3.63) is 26.8 Å². The number of halogens is 4. The number of nitrogens with two attached hydrogens (primary N) is 3. The van der Waals surface area contributed by atoms with Crippen LogP contribution in [-0.4, -0.2) is 11.9 Å². The van der Waals surface area contributed by atoms with Gasteiger partial charge in [-0.1, -0.05) is 0 Å². The number of nitrogens with zero attached hydrogens (tertiary/aromatic N) is 3. The van der Waals surface area contributed by atoms with Gasteiger partial charge < -0.3 is 17.2 Å². The summed E-state index contributed by atoms with van der Waals surface area (Å²) in [5, 5.41) is 8.91. The Balaban J connectivity index is 3.44. The number of alkyl halides is 3. The van der Waals surface area contributed by atoms with Crippen LogP contribution in [0.4, 0.5) is 18.9 Å². The Kier molecular flexibility index (Phi) is 4.77. The van der Waals surface area contributed by atoms with Crippen molar-refractivity contribution in [1.29, 1.82) is 5.26 Å². The van der Waals surface area contributed by atoms with Gasteiger partial charge in [0.1, 0.15) is 6.07 Å². The van der Waals surface area contributed by atoms with E-state index in [9.17, 15) is 13.2 Å². The van der Waals surface area contributed by atoms with Crippen LogP contribution >= 0.6 is 22.6 Å². The van der Waals surface area contributed by atoms with E-state index in [1.165, 1.54) is 0 Å². The van der Waals surface area contributed by atoms with Crippen molar-refractivity contribution in [3.8, 4) is 6.07 Å². The highest BCUT2D eigenvalue weighted by molar-refractivity contribution is 14.1. The number of rotatable bonds is 1. The average molecular weight is 396 g/mol. The molecule has 20 heavy (non-hydrogen) atoms. The van der Waals surface area contributed by atoms with Crippen LogP contribution in [0.25, 0.3) is 0 Å². The normalized spacial score (nSPS) is 11.8. The molecule has 106 valence electrons. The van der Waals surface area contributed by atoms with Gasteiger partial charge in [0.15, 0.2) is 5.96 Å². The van der Waals surface area contributed by atoms with Crippen LogP contribution in [0.15, 0.2) is 22.1 Å². The highest BCUT2D eigenvalue weighted by Gasteiger charge is 2.32. The molecule has 6 nitrogen and oxygen atoms in total. The lowest BCUT2D eigenvalue weighted by atomic mass is 10.1. The first-order valence-electron chi connectivity index (χ1n) is 4.89. The molecule has 10 heteroatoms. The number of hydrogen-bond donors (Lipinski definition) is 3. The van der Waals surface area contributed by atoms with Gasteiger partial charge in [-0.25, -0.2) is 4.99 Å². The average Bonchev–Trinajstić information content (AvgIpc) is 2.28. The van der Waals surface area contributed by atoms with Crippen LogP contribution in [0.1, 0.15) is 11.1 Å². The Labute approximate surface area is 125 Å². The molecule has 0 radical (unpaired) electrons. The minimum absolute atomic E-state index is 0.0244. The molecule has 0 spiro atoms. The van der Waals surface area contributed by atoms with Crippen LogP contribution in [0.2, 0.25) is 0 Å². The van der Waals surface area contributed by atoms with Crippen LogP contribution in [0.5, 0.6) is 0 Å². The molecule has 1 rings (SSSR count). The predicted octanol–water partition coefficient (Wildman–Crippen LogP) is 1.40. The van der Waals surface area contributed by atoms with Gasteiger partial charge in [-0.05, 0) is 34.7 Å². The molecule has 0 bridgehead atoms. The molecule has 0 aliphatic heterocycles. The highest BCUT2D eigenvalue weighted by atomic mass is 127. The second-order valence-electron chi connectivity index (χ2n) is 3.47. The molecule has 1 aromatic carbocycles. The Morgan fingerprint density at radius 1 is 1.25 bits per heavy atom. The van der Waals surface area contributed by atoms with Gasteiger partial charge in [0.2, 0.25) is 5.96 Å². The van der Waals surface area contributed by atoms with Gasteiger partial charge >= 0.3 is 6.18 Å². The quantitative estimate of drug-likeness (QED) is 0.377. The molecule has 0 aliphatic rings. The number of nitriles is 1. The maximum Gasteiger partial charge on any atom is 0.416 e. The predicted molar refractivity (Wildman–Crippen MR) is 76.0 cm³/mol. The minimum Gasteiger partial charge on any atom is -0.370 e. The summed E-state index contributed by atoms with van der Waals surface area (Å²) in [7, 11) is 0. The third-order valence-corrected chi connectivity index (χ3v) is 2.80. The van der Waals surface area contributed by atoms with Gasteiger partial charge in [0.05, 0.1) is 16.8 Å². The second-order valence-corrected chi connectivity index (χ2v) is 4.63. The van der Waals surface area contributed by atoms with Gasteiger partial charge in [-0.2, -0.15) is 23.4 Å². The molecular weight excluding hydrogens is 388 g/mol. The summed E-state index contributed by atoms with van der Waals surface area (Å²) in [5.74, 6) is -0.717. The molecule has 0 fully saturated rings. The first-order chi connectivity index (χ1) is 9.15. The number of hydrogen-bond acceptors (Lipinski definition) is 2. The number of aliphatic imine (C=N–C) groups is 2. The summed E-state index contributed by atoms with van der Waals surface area (Å²) in [6, 6.07) is 3.16. The molecule has 0 saturated carbocycles. The van der Waals surface area contributed by atoms with E-state index in [-0.39, 0.29) is 26.7 Å². The molecule has 0 atom stereocenters. The third kappa shape index (κ3) is 3.98. The van der Waals surface area contributed by atoms with E-state index >= 15 is 0 Å². The van der Waals surface area contributed by atoms with Gasteiger partial charge in [-0.15, -0.1) is 0 Å². The summed E-state index contributed by atoms with van der Waals surface area (Å²) in [6.07, 6.45) is -4.56. The molecule has 6 N–H and O–H groups in total. The molecule has 0 saturated heterocycles. The Bertz CT molecular complexity index is 625. The van der Waals surface area contributed by atoms with Gasteiger partial charge in [0.25, 0.3) is 0 Å². The van der Waals surface area contributed by atoms with Crippen molar-refractivity contribution in [1.82, 2.24) is 0 Å². The smallest absolute Gasteiger partial charge is 0.370 e. The molecule has 0 amide bonds. The molecule has 0 unspecified atom stereocenters. The van der Waals surface area contributed by atoms with Crippen LogP contribution in [0.3, 0.4) is 0 Å².